The summed E-state index contributed by atoms with van der Waals surface area (Å²) in [5, 5.41) is 23.8. The Labute approximate surface area is 395 Å². The summed E-state index contributed by atoms with van der Waals surface area (Å²) in [4.78, 5) is 26.1. The molecule has 0 spiro atoms. The van der Waals surface area contributed by atoms with Crippen LogP contribution in [-0.4, -0.2) is 46.9 Å². The minimum Gasteiger partial charge on any atom is -0.458 e. The zero-order valence-electron chi connectivity index (χ0n) is 41.9. The fourth-order valence-corrected chi connectivity index (χ4v) is 7.64. The van der Waals surface area contributed by atoms with Crippen LogP contribution in [0.1, 0.15) is 245 Å². The van der Waals surface area contributed by atoms with Crippen LogP contribution in [0.15, 0.2) is 85.1 Å². The Hall–Kier alpha value is -2.96. The number of rotatable bonds is 47. The van der Waals surface area contributed by atoms with Crippen LogP contribution < -0.4 is 5.32 Å². The SMILES string of the molecule is CC/C=C\C/C=C\C/C=C\C/C=C\C/C=C\C/C=C\C(CC(=O)NC(CO)C(O)CCCCCCCCCCCCCCCCCCC)OC(=O)CCCCCCC/C=C\CCCC. The highest BCUT2D eigenvalue weighted by Crippen LogP contribution is 2.16. The van der Waals surface area contributed by atoms with Crippen molar-refractivity contribution in [3.8, 4) is 0 Å². The van der Waals surface area contributed by atoms with E-state index in [4.69, 9.17) is 4.74 Å². The second-order valence-corrected chi connectivity index (χ2v) is 17.9. The molecule has 0 fully saturated rings. The van der Waals surface area contributed by atoms with Crippen LogP contribution in [0.5, 0.6) is 0 Å². The van der Waals surface area contributed by atoms with Crippen molar-refractivity contribution in [2.24, 2.45) is 0 Å². The van der Waals surface area contributed by atoms with Gasteiger partial charge in [-0.2, -0.15) is 0 Å². The normalized spacial score (nSPS) is 13.9. The van der Waals surface area contributed by atoms with Gasteiger partial charge < -0.3 is 20.3 Å². The van der Waals surface area contributed by atoms with E-state index in [9.17, 15) is 19.8 Å². The molecule has 0 aliphatic carbocycles. The largest absolute Gasteiger partial charge is 0.458 e. The van der Waals surface area contributed by atoms with E-state index in [2.05, 4.69) is 99.0 Å². The summed E-state index contributed by atoms with van der Waals surface area (Å²) in [7, 11) is 0. The van der Waals surface area contributed by atoms with Crippen molar-refractivity contribution in [2.75, 3.05) is 6.61 Å². The second kappa shape index (κ2) is 51.0. The van der Waals surface area contributed by atoms with E-state index in [0.717, 1.165) is 83.5 Å². The number of carbonyl (C=O) groups excluding carboxylic acids is 2. The van der Waals surface area contributed by atoms with Crippen molar-refractivity contribution < 1.29 is 24.5 Å². The van der Waals surface area contributed by atoms with Gasteiger partial charge in [0.05, 0.1) is 25.2 Å². The van der Waals surface area contributed by atoms with Crippen molar-refractivity contribution in [2.45, 2.75) is 264 Å². The third-order valence-corrected chi connectivity index (χ3v) is 11.7. The molecule has 3 unspecified atom stereocenters. The Morgan fingerprint density at radius 1 is 0.484 bits per heavy atom. The molecule has 0 radical (unpaired) electrons. The summed E-state index contributed by atoms with van der Waals surface area (Å²) in [6.07, 6.45) is 66.8. The molecule has 0 aromatic carbocycles. The minimum absolute atomic E-state index is 0.0535. The van der Waals surface area contributed by atoms with E-state index >= 15 is 0 Å². The van der Waals surface area contributed by atoms with Crippen LogP contribution >= 0.6 is 0 Å². The smallest absolute Gasteiger partial charge is 0.306 e. The molecule has 3 N–H and O–H groups in total. The van der Waals surface area contributed by atoms with E-state index in [1.54, 1.807) is 6.08 Å². The molecule has 0 heterocycles. The highest BCUT2D eigenvalue weighted by molar-refractivity contribution is 5.78. The third kappa shape index (κ3) is 45.6. The van der Waals surface area contributed by atoms with Crippen molar-refractivity contribution in [1.29, 1.82) is 0 Å². The number of ether oxygens (including phenoxy) is 1. The van der Waals surface area contributed by atoms with Gasteiger partial charge in [-0.05, 0) is 76.7 Å². The summed E-state index contributed by atoms with van der Waals surface area (Å²) < 4.78 is 5.81. The predicted octanol–water partition coefficient (Wildman–Crippen LogP) is 16.3. The summed E-state index contributed by atoms with van der Waals surface area (Å²) in [6.45, 7) is 6.30. The lowest BCUT2D eigenvalue weighted by Gasteiger charge is -2.23. The van der Waals surface area contributed by atoms with Crippen molar-refractivity contribution in [3.05, 3.63) is 85.1 Å². The summed E-state index contributed by atoms with van der Waals surface area (Å²) >= 11 is 0. The van der Waals surface area contributed by atoms with Gasteiger partial charge in [0.1, 0.15) is 6.10 Å². The van der Waals surface area contributed by atoms with E-state index in [1.807, 2.05) is 6.08 Å². The van der Waals surface area contributed by atoms with Gasteiger partial charge >= 0.3 is 5.97 Å². The first-order valence-corrected chi connectivity index (χ1v) is 26.8. The van der Waals surface area contributed by atoms with Crippen molar-refractivity contribution >= 4 is 11.9 Å². The molecule has 6 nitrogen and oxygen atoms in total. The first-order valence-electron chi connectivity index (χ1n) is 26.8. The molecule has 0 bridgehead atoms. The van der Waals surface area contributed by atoms with Gasteiger partial charge in [0.2, 0.25) is 5.91 Å². The maximum absolute atomic E-state index is 13.2. The molecular formula is C58H101NO5. The maximum atomic E-state index is 13.2. The Morgan fingerprint density at radius 3 is 1.36 bits per heavy atom. The summed E-state index contributed by atoms with van der Waals surface area (Å²) in [6, 6.07) is -0.748. The zero-order chi connectivity index (χ0) is 46.7. The van der Waals surface area contributed by atoms with Crippen LogP contribution in [0.3, 0.4) is 0 Å². The molecule has 0 rings (SSSR count). The van der Waals surface area contributed by atoms with E-state index in [0.29, 0.717) is 19.3 Å². The van der Waals surface area contributed by atoms with Crippen molar-refractivity contribution in [1.82, 2.24) is 5.32 Å². The first-order chi connectivity index (χ1) is 31.5. The minimum atomic E-state index is -0.825. The molecule has 0 saturated carbocycles. The maximum Gasteiger partial charge on any atom is 0.306 e. The van der Waals surface area contributed by atoms with Gasteiger partial charge in [-0.25, -0.2) is 0 Å². The number of hydrogen-bond donors (Lipinski definition) is 3. The summed E-state index contributed by atoms with van der Waals surface area (Å²) in [5.41, 5.74) is 0. The molecule has 1 amide bonds. The van der Waals surface area contributed by atoms with E-state index in [1.165, 1.54) is 116 Å². The number of amides is 1. The fraction of sp³-hybridized carbons (Fsp3) is 0.724. The van der Waals surface area contributed by atoms with E-state index in [-0.39, 0.29) is 24.9 Å². The molecular weight excluding hydrogens is 791 g/mol. The standard InChI is InChI=1S/C58H101NO5/c1-4-7-10-13-16-19-22-24-26-28-30-32-35-37-40-43-46-49-54(64-58(63)51-48-45-42-39-34-21-18-15-12-9-6-3)52-57(62)59-55(53-60)56(61)50-47-44-41-38-36-33-31-29-27-25-23-20-17-14-11-8-5-2/h7,10,15-16,18-19,24,26,30,32,37,40,46,49,54-56,60-61H,4-6,8-9,11-14,17,20-23,25,27-29,31,33-36,38-39,41-45,47-48,50-53H2,1-3H3,(H,59,62)/b10-7-,18-15-,19-16-,26-24-,32-30-,40-37-,49-46-. The number of aliphatic hydroxyl groups excluding tert-OH is 2. The zero-order valence-corrected chi connectivity index (χ0v) is 41.9. The quantitative estimate of drug-likeness (QED) is 0.0321. The van der Waals surface area contributed by atoms with Gasteiger partial charge in [-0.15, -0.1) is 0 Å². The molecule has 0 aromatic rings. The number of esters is 1. The topological polar surface area (TPSA) is 95.9 Å². The molecule has 0 aliphatic rings. The number of carbonyl (C=O) groups is 2. The molecule has 3 atom stereocenters. The van der Waals surface area contributed by atoms with Gasteiger partial charge in [0.15, 0.2) is 0 Å². The van der Waals surface area contributed by atoms with Crippen LogP contribution in [0.2, 0.25) is 0 Å². The Morgan fingerprint density at radius 2 is 0.891 bits per heavy atom. The Kier molecular flexibility index (Phi) is 48.7. The summed E-state index contributed by atoms with van der Waals surface area (Å²) in [5.74, 6) is -0.643. The lowest BCUT2D eigenvalue weighted by atomic mass is 10.0. The average molecular weight is 892 g/mol. The fourth-order valence-electron chi connectivity index (χ4n) is 7.64. The highest BCUT2D eigenvalue weighted by Gasteiger charge is 2.23. The van der Waals surface area contributed by atoms with Crippen LogP contribution in [0.25, 0.3) is 0 Å². The molecule has 0 saturated heterocycles. The molecule has 0 aromatic heterocycles. The molecule has 6 heteroatoms. The third-order valence-electron chi connectivity index (χ3n) is 11.7. The lowest BCUT2D eigenvalue weighted by molar-refractivity contribution is -0.148. The Bertz CT molecular complexity index is 1230. The first kappa shape index (κ1) is 61.0. The monoisotopic (exact) mass is 892 g/mol. The van der Waals surface area contributed by atoms with Crippen LogP contribution in [-0.2, 0) is 14.3 Å². The number of aliphatic hydroxyl groups is 2. The molecule has 64 heavy (non-hydrogen) atoms. The van der Waals surface area contributed by atoms with Crippen LogP contribution in [0.4, 0.5) is 0 Å². The average Bonchev–Trinajstić information content (AvgIpc) is 3.29. The van der Waals surface area contributed by atoms with Gasteiger partial charge in [-0.3, -0.25) is 9.59 Å². The Balaban J connectivity index is 4.70. The van der Waals surface area contributed by atoms with Gasteiger partial charge in [0.25, 0.3) is 0 Å². The second-order valence-electron chi connectivity index (χ2n) is 17.9. The number of unbranched alkanes of at least 4 members (excludes halogenated alkanes) is 23. The highest BCUT2D eigenvalue weighted by atomic mass is 16.5. The predicted molar refractivity (Wildman–Crippen MR) is 278 cm³/mol. The molecule has 368 valence electrons. The van der Waals surface area contributed by atoms with E-state index < -0.39 is 18.2 Å². The molecule has 0 aliphatic heterocycles. The van der Waals surface area contributed by atoms with Crippen LogP contribution in [0, 0.1) is 0 Å². The van der Waals surface area contributed by atoms with Gasteiger partial charge in [0, 0.05) is 6.42 Å². The number of allylic oxidation sites excluding steroid dienone is 13. The van der Waals surface area contributed by atoms with Crippen molar-refractivity contribution in [3.63, 3.8) is 0 Å². The number of hydrogen-bond acceptors (Lipinski definition) is 5. The van der Waals surface area contributed by atoms with Gasteiger partial charge in [-0.1, -0.05) is 241 Å². The number of nitrogens with one attached hydrogen (secondary N) is 1. The lowest BCUT2D eigenvalue weighted by Crippen LogP contribution is -2.46.